The number of hydrogen-bond acceptors (Lipinski definition) is 7. The average Bonchev–Trinajstić information content (AvgIpc) is 3.44. The van der Waals surface area contributed by atoms with E-state index in [0.717, 1.165) is 48.9 Å². The molecule has 1 N–H and O–H groups in total. The number of aromatic nitrogens is 1. The average molecular weight is 522 g/mol. The van der Waals surface area contributed by atoms with Gasteiger partial charge in [-0.2, -0.15) is 0 Å². The van der Waals surface area contributed by atoms with Gasteiger partial charge in [-0.1, -0.05) is 24.3 Å². The van der Waals surface area contributed by atoms with Crippen LogP contribution in [0.15, 0.2) is 60.1 Å². The van der Waals surface area contributed by atoms with Gasteiger partial charge < -0.3 is 9.64 Å². The molecule has 4 rings (SSSR count). The molecular weight excluding hydrogens is 486 g/mol. The van der Waals surface area contributed by atoms with Crippen molar-refractivity contribution in [2.45, 2.75) is 26.4 Å². The van der Waals surface area contributed by atoms with Gasteiger partial charge in [0, 0.05) is 62.1 Å². The number of anilines is 1. The predicted octanol–water partition coefficient (Wildman–Crippen LogP) is 4.71. The van der Waals surface area contributed by atoms with Crippen LogP contribution in [-0.4, -0.2) is 78.1 Å². The Morgan fingerprint density at radius 1 is 1.05 bits per heavy atom. The van der Waals surface area contributed by atoms with E-state index in [9.17, 15) is 9.59 Å². The second-order valence-corrected chi connectivity index (χ2v) is 9.96. The van der Waals surface area contributed by atoms with Crippen LogP contribution in [0.5, 0.6) is 0 Å². The highest BCUT2D eigenvalue weighted by Crippen LogP contribution is 2.32. The maximum Gasteiger partial charge on any atom is 0.411 e. The van der Waals surface area contributed by atoms with Crippen LogP contribution in [0.4, 0.5) is 10.5 Å². The van der Waals surface area contributed by atoms with Gasteiger partial charge in [0.15, 0.2) is 0 Å². The van der Waals surface area contributed by atoms with Crippen LogP contribution >= 0.6 is 11.3 Å². The first-order chi connectivity index (χ1) is 18.0. The van der Waals surface area contributed by atoms with Crippen LogP contribution in [0.25, 0.3) is 0 Å². The van der Waals surface area contributed by atoms with Crippen molar-refractivity contribution in [1.82, 2.24) is 19.7 Å². The molecule has 0 spiro atoms. The smallest absolute Gasteiger partial charge is 0.411 e. The topological polar surface area (TPSA) is 78.0 Å². The van der Waals surface area contributed by atoms with Gasteiger partial charge in [0.1, 0.15) is 5.01 Å². The minimum atomic E-state index is -0.497. The summed E-state index contributed by atoms with van der Waals surface area (Å²) in [6.45, 7) is 9.90. The van der Waals surface area contributed by atoms with E-state index in [1.165, 1.54) is 7.11 Å². The highest BCUT2D eigenvalue weighted by Gasteiger charge is 2.27. The Labute approximate surface area is 222 Å². The fraction of sp³-hybridized carbons (Fsp3) is 0.393. The molecule has 0 radical (unpaired) electrons. The summed E-state index contributed by atoms with van der Waals surface area (Å²) in [5, 5.41) is 5.94. The molecule has 2 amide bonds. The number of carbonyl (C=O) groups is 2. The zero-order chi connectivity index (χ0) is 26.2. The number of methoxy groups -OCH3 is 1. The van der Waals surface area contributed by atoms with Crippen molar-refractivity contribution in [2.75, 3.05) is 51.7 Å². The van der Waals surface area contributed by atoms with E-state index in [1.807, 2.05) is 60.7 Å². The van der Waals surface area contributed by atoms with Crippen LogP contribution < -0.4 is 5.32 Å². The number of amides is 2. The molecule has 2 heterocycles. The molecule has 1 saturated heterocycles. The van der Waals surface area contributed by atoms with Crippen LogP contribution in [0.1, 0.15) is 46.4 Å². The first kappa shape index (κ1) is 26.8. The fourth-order valence-corrected chi connectivity index (χ4v) is 5.43. The number of rotatable bonds is 9. The molecule has 0 saturated carbocycles. The third-order valence-corrected chi connectivity index (χ3v) is 7.54. The van der Waals surface area contributed by atoms with E-state index < -0.39 is 6.09 Å². The lowest BCUT2D eigenvalue weighted by molar-refractivity contribution is 0.0772. The number of thiazole rings is 1. The summed E-state index contributed by atoms with van der Waals surface area (Å²) in [7, 11) is 1.36. The van der Waals surface area contributed by atoms with E-state index >= 15 is 0 Å². The Kier molecular flexibility index (Phi) is 9.27. The highest BCUT2D eigenvalue weighted by atomic mass is 32.1. The van der Waals surface area contributed by atoms with Gasteiger partial charge >= 0.3 is 6.09 Å². The van der Waals surface area contributed by atoms with Crippen LogP contribution in [0.3, 0.4) is 0 Å². The van der Waals surface area contributed by atoms with Gasteiger partial charge in [-0.15, -0.1) is 11.3 Å². The van der Waals surface area contributed by atoms with E-state index in [-0.39, 0.29) is 11.9 Å². The van der Waals surface area contributed by atoms with E-state index in [1.54, 1.807) is 11.3 Å². The Morgan fingerprint density at radius 3 is 2.41 bits per heavy atom. The number of piperazine rings is 1. The number of hydrogen-bond donors (Lipinski definition) is 1. The molecule has 9 heteroatoms. The Balaban J connectivity index is 1.58. The molecule has 1 aliphatic heterocycles. The van der Waals surface area contributed by atoms with Gasteiger partial charge in [-0.05, 0) is 49.2 Å². The Hall–Kier alpha value is -3.27. The number of ether oxygens (including phenoxy) is 1. The van der Waals surface area contributed by atoms with Gasteiger partial charge in [-0.25, -0.2) is 9.78 Å². The summed E-state index contributed by atoms with van der Waals surface area (Å²) in [4.78, 5) is 35.8. The van der Waals surface area contributed by atoms with E-state index in [2.05, 4.69) is 38.3 Å². The third-order valence-electron chi connectivity index (χ3n) is 6.77. The van der Waals surface area contributed by atoms with Gasteiger partial charge in [0.2, 0.25) is 0 Å². The summed E-state index contributed by atoms with van der Waals surface area (Å²) in [5.74, 6) is 0.0492. The second-order valence-electron chi connectivity index (χ2n) is 8.98. The monoisotopic (exact) mass is 521 g/mol. The van der Waals surface area contributed by atoms with Gasteiger partial charge in [0.05, 0.1) is 19.7 Å². The summed E-state index contributed by atoms with van der Waals surface area (Å²) in [6.07, 6.45) is 1.36. The molecule has 1 aliphatic rings. The van der Waals surface area contributed by atoms with Gasteiger partial charge in [0.25, 0.3) is 5.91 Å². The standard InChI is InChI=1S/C28H35N5O3S/c1-4-32(5-2)27(34)22-11-9-21(10-12-22)26(23-7-6-8-24(19-23)30-28(35)36-3)33-16-14-31(15-17-33)20-25-29-13-18-37-25/h6-13,18-19,26H,4-5,14-17,20H2,1-3H3,(H,30,35)/t26-/m0/s1. The van der Waals surface area contributed by atoms with Gasteiger partial charge in [-0.3, -0.25) is 19.9 Å². The van der Waals surface area contributed by atoms with Crippen molar-refractivity contribution >= 4 is 29.0 Å². The van der Waals surface area contributed by atoms with E-state index in [0.29, 0.717) is 24.3 Å². The van der Waals surface area contributed by atoms with Crippen molar-refractivity contribution in [1.29, 1.82) is 0 Å². The first-order valence-corrected chi connectivity index (χ1v) is 13.6. The molecule has 1 atom stereocenters. The number of nitrogens with zero attached hydrogens (tertiary/aromatic N) is 4. The fourth-order valence-electron chi connectivity index (χ4n) is 4.77. The number of nitrogens with one attached hydrogen (secondary N) is 1. The molecule has 8 nitrogen and oxygen atoms in total. The lowest BCUT2D eigenvalue weighted by Gasteiger charge is -2.39. The van der Waals surface area contributed by atoms with Crippen LogP contribution in [0.2, 0.25) is 0 Å². The SMILES string of the molecule is CCN(CC)C(=O)c1ccc([C@@H](c2cccc(NC(=O)OC)c2)N2CCN(Cc3nccs3)CC2)cc1. The zero-order valence-electron chi connectivity index (χ0n) is 21.7. The molecular formula is C28H35N5O3S. The molecule has 0 unspecified atom stereocenters. The number of benzene rings is 2. The normalized spacial score (nSPS) is 15.2. The maximum atomic E-state index is 12.9. The summed E-state index contributed by atoms with van der Waals surface area (Å²) in [6, 6.07) is 15.9. The lowest BCUT2D eigenvalue weighted by Crippen LogP contribution is -2.47. The highest BCUT2D eigenvalue weighted by molar-refractivity contribution is 7.09. The molecule has 196 valence electrons. The van der Waals surface area contributed by atoms with Crippen molar-refractivity contribution < 1.29 is 14.3 Å². The first-order valence-electron chi connectivity index (χ1n) is 12.7. The van der Waals surface area contributed by atoms with Crippen molar-refractivity contribution in [3.63, 3.8) is 0 Å². The van der Waals surface area contributed by atoms with Crippen molar-refractivity contribution in [3.05, 3.63) is 81.8 Å². The quantitative estimate of drug-likeness (QED) is 0.439. The summed E-state index contributed by atoms with van der Waals surface area (Å²) >= 11 is 1.69. The number of carbonyl (C=O) groups excluding carboxylic acids is 2. The van der Waals surface area contributed by atoms with Crippen molar-refractivity contribution in [2.24, 2.45) is 0 Å². The molecule has 37 heavy (non-hydrogen) atoms. The predicted molar refractivity (Wildman–Crippen MR) is 147 cm³/mol. The van der Waals surface area contributed by atoms with Crippen molar-refractivity contribution in [3.8, 4) is 0 Å². The minimum Gasteiger partial charge on any atom is -0.453 e. The third kappa shape index (κ3) is 6.74. The minimum absolute atomic E-state index is 0.0148. The van der Waals surface area contributed by atoms with Crippen LogP contribution in [-0.2, 0) is 11.3 Å². The molecule has 2 aromatic carbocycles. The second kappa shape index (κ2) is 12.8. The Morgan fingerprint density at radius 2 is 1.78 bits per heavy atom. The molecule has 0 aliphatic carbocycles. The molecule has 3 aromatic rings. The largest absolute Gasteiger partial charge is 0.453 e. The Bertz CT molecular complexity index is 1160. The molecule has 1 aromatic heterocycles. The van der Waals surface area contributed by atoms with Crippen LogP contribution in [0, 0.1) is 0 Å². The molecule has 0 bridgehead atoms. The molecule has 1 fully saturated rings. The maximum absolute atomic E-state index is 12.9. The lowest BCUT2D eigenvalue weighted by atomic mass is 9.95. The van der Waals surface area contributed by atoms with E-state index in [4.69, 9.17) is 4.74 Å². The summed E-state index contributed by atoms with van der Waals surface area (Å²) < 4.78 is 4.78. The summed E-state index contributed by atoms with van der Waals surface area (Å²) in [5.41, 5.74) is 3.57. The zero-order valence-corrected chi connectivity index (χ0v) is 22.5.